The largest absolute Gasteiger partial charge is 0.394 e. The number of nitrogens with one attached hydrogen (secondary N) is 1. The molecule has 1 unspecified atom stereocenters. The van der Waals surface area contributed by atoms with Crippen LogP contribution in [0.5, 0.6) is 0 Å². The zero-order valence-corrected chi connectivity index (χ0v) is 10.3. The van der Waals surface area contributed by atoms with E-state index in [4.69, 9.17) is 4.74 Å². The summed E-state index contributed by atoms with van der Waals surface area (Å²) in [4.78, 5) is 8.63. The van der Waals surface area contributed by atoms with Crippen molar-refractivity contribution in [3.63, 3.8) is 0 Å². The Kier molecular flexibility index (Phi) is 4.44. The molecule has 96 valence electrons. The highest BCUT2D eigenvalue weighted by Gasteiger charge is 2.08. The number of fused-ring (bicyclic) bond motifs is 1. The van der Waals surface area contributed by atoms with E-state index in [-0.39, 0.29) is 12.6 Å². The Bertz CT molecular complexity index is 504. The SMILES string of the molecule is COCCC(CO)Nc1ncc2ccccc2n1. The second kappa shape index (κ2) is 6.28. The topological polar surface area (TPSA) is 67.3 Å². The van der Waals surface area contributed by atoms with Gasteiger partial charge < -0.3 is 15.2 Å². The summed E-state index contributed by atoms with van der Waals surface area (Å²) >= 11 is 0. The number of anilines is 1. The number of aliphatic hydroxyl groups is 1. The van der Waals surface area contributed by atoms with Gasteiger partial charge in [-0.15, -0.1) is 0 Å². The van der Waals surface area contributed by atoms with Crippen molar-refractivity contribution in [2.45, 2.75) is 12.5 Å². The number of aliphatic hydroxyl groups excluding tert-OH is 1. The van der Waals surface area contributed by atoms with Crippen LogP contribution in [0.25, 0.3) is 10.9 Å². The Morgan fingerprint density at radius 3 is 3.00 bits per heavy atom. The van der Waals surface area contributed by atoms with Crippen molar-refractivity contribution in [1.82, 2.24) is 9.97 Å². The number of para-hydroxylation sites is 1. The van der Waals surface area contributed by atoms with E-state index in [2.05, 4.69) is 15.3 Å². The van der Waals surface area contributed by atoms with Gasteiger partial charge in [-0.2, -0.15) is 0 Å². The van der Waals surface area contributed by atoms with E-state index in [9.17, 15) is 5.11 Å². The van der Waals surface area contributed by atoms with Gasteiger partial charge >= 0.3 is 0 Å². The van der Waals surface area contributed by atoms with Gasteiger partial charge in [0.2, 0.25) is 5.95 Å². The number of aromatic nitrogens is 2. The number of rotatable bonds is 6. The molecule has 0 aliphatic heterocycles. The van der Waals surface area contributed by atoms with Crippen molar-refractivity contribution >= 4 is 16.9 Å². The van der Waals surface area contributed by atoms with Gasteiger partial charge in [-0.25, -0.2) is 9.97 Å². The van der Waals surface area contributed by atoms with Crippen LogP contribution in [-0.4, -0.2) is 41.4 Å². The molecule has 0 fully saturated rings. The molecule has 0 saturated carbocycles. The van der Waals surface area contributed by atoms with Gasteiger partial charge in [0.05, 0.1) is 18.2 Å². The fraction of sp³-hybridized carbons (Fsp3) is 0.385. The summed E-state index contributed by atoms with van der Waals surface area (Å²) in [5.74, 6) is 0.531. The lowest BCUT2D eigenvalue weighted by molar-refractivity contribution is 0.174. The van der Waals surface area contributed by atoms with Crippen LogP contribution < -0.4 is 5.32 Å². The normalized spacial score (nSPS) is 12.6. The standard InChI is InChI=1S/C13H17N3O2/c1-18-7-6-11(9-17)15-13-14-8-10-4-2-3-5-12(10)16-13/h2-5,8,11,17H,6-7,9H2,1H3,(H,14,15,16). The summed E-state index contributed by atoms with van der Waals surface area (Å²) in [6, 6.07) is 7.70. The molecule has 0 saturated heterocycles. The first-order valence-electron chi connectivity index (χ1n) is 5.91. The maximum Gasteiger partial charge on any atom is 0.223 e. The predicted octanol–water partition coefficient (Wildman–Crippen LogP) is 1.44. The van der Waals surface area contributed by atoms with Crippen molar-refractivity contribution < 1.29 is 9.84 Å². The molecule has 1 aromatic heterocycles. The monoisotopic (exact) mass is 247 g/mol. The molecular formula is C13H17N3O2. The third-order valence-corrected chi connectivity index (χ3v) is 2.71. The maximum absolute atomic E-state index is 9.25. The van der Waals surface area contributed by atoms with Crippen LogP contribution in [0.15, 0.2) is 30.5 Å². The van der Waals surface area contributed by atoms with Gasteiger partial charge in [-0.3, -0.25) is 0 Å². The smallest absolute Gasteiger partial charge is 0.223 e. The molecule has 0 amide bonds. The van der Waals surface area contributed by atoms with Crippen LogP contribution in [0, 0.1) is 0 Å². The summed E-state index contributed by atoms with van der Waals surface area (Å²) in [7, 11) is 1.64. The van der Waals surface area contributed by atoms with Crippen molar-refractivity contribution in [3.8, 4) is 0 Å². The van der Waals surface area contributed by atoms with Crippen molar-refractivity contribution in [2.24, 2.45) is 0 Å². The van der Waals surface area contributed by atoms with Crippen molar-refractivity contribution in [1.29, 1.82) is 0 Å². The quantitative estimate of drug-likeness (QED) is 0.808. The van der Waals surface area contributed by atoms with E-state index < -0.39 is 0 Å². The minimum Gasteiger partial charge on any atom is -0.394 e. The van der Waals surface area contributed by atoms with E-state index in [1.54, 1.807) is 13.3 Å². The molecule has 2 aromatic rings. The molecule has 0 radical (unpaired) electrons. The summed E-state index contributed by atoms with van der Waals surface area (Å²) < 4.78 is 4.99. The lowest BCUT2D eigenvalue weighted by atomic mass is 10.2. The summed E-state index contributed by atoms with van der Waals surface area (Å²) in [6.07, 6.45) is 2.48. The minimum atomic E-state index is -0.0916. The number of methoxy groups -OCH3 is 1. The Morgan fingerprint density at radius 2 is 2.22 bits per heavy atom. The first-order chi connectivity index (χ1) is 8.83. The van der Waals surface area contributed by atoms with E-state index in [0.717, 1.165) is 10.9 Å². The van der Waals surface area contributed by atoms with Crippen molar-refractivity contribution in [3.05, 3.63) is 30.5 Å². The highest BCUT2D eigenvalue weighted by molar-refractivity contribution is 5.78. The molecule has 0 bridgehead atoms. The highest BCUT2D eigenvalue weighted by atomic mass is 16.5. The zero-order valence-electron chi connectivity index (χ0n) is 10.3. The molecule has 2 N–H and O–H groups in total. The molecule has 1 heterocycles. The fourth-order valence-electron chi connectivity index (χ4n) is 1.69. The van der Waals surface area contributed by atoms with Gasteiger partial charge in [0.15, 0.2) is 0 Å². The molecule has 1 aromatic carbocycles. The average Bonchev–Trinajstić information content (AvgIpc) is 2.43. The van der Waals surface area contributed by atoms with E-state index >= 15 is 0 Å². The molecule has 0 spiro atoms. The number of nitrogens with zero attached hydrogens (tertiary/aromatic N) is 2. The lowest BCUT2D eigenvalue weighted by Gasteiger charge is -2.15. The van der Waals surface area contributed by atoms with Crippen LogP contribution in [0.1, 0.15) is 6.42 Å². The van der Waals surface area contributed by atoms with Crippen LogP contribution in [0.4, 0.5) is 5.95 Å². The average molecular weight is 247 g/mol. The lowest BCUT2D eigenvalue weighted by Crippen LogP contribution is -2.26. The molecule has 0 aliphatic carbocycles. The Balaban J connectivity index is 2.10. The summed E-state index contributed by atoms with van der Waals surface area (Å²) in [5, 5.41) is 13.4. The molecule has 1 atom stereocenters. The molecule has 0 aliphatic rings. The second-order valence-corrected chi connectivity index (χ2v) is 4.06. The minimum absolute atomic E-state index is 0.0273. The van der Waals surface area contributed by atoms with Gasteiger partial charge in [0, 0.05) is 25.3 Å². The maximum atomic E-state index is 9.25. The van der Waals surface area contributed by atoms with Gasteiger partial charge in [-0.1, -0.05) is 18.2 Å². The Labute approximate surface area is 106 Å². The molecule has 18 heavy (non-hydrogen) atoms. The van der Waals surface area contributed by atoms with Crippen LogP contribution in [0.3, 0.4) is 0 Å². The Hall–Kier alpha value is -1.72. The first-order valence-corrected chi connectivity index (χ1v) is 5.91. The second-order valence-electron chi connectivity index (χ2n) is 4.06. The van der Waals surface area contributed by atoms with Gasteiger partial charge in [0.1, 0.15) is 0 Å². The highest BCUT2D eigenvalue weighted by Crippen LogP contribution is 2.12. The summed E-state index contributed by atoms with van der Waals surface area (Å²) in [6.45, 7) is 0.616. The van der Waals surface area contributed by atoms with E-state index in [1.807, 2.05) is 24.3 Å². The first kappa shape index (κ1) is 12.7. The number of hydrogen-bond donors (Lipinski definition) is 2. The molecule has 5 heteroatoms. The number of ether oxygens (including phenoxy) is 1. The summed E-state index contributed by atoms with van der Waals surface area (Å²) in [5.41, 5.74) is 0.887. The number of hydrogen-bond acceptors (Lipinski definition) is 5. The van der Waals surface area contributed by atoms with Crippen molar-refractivity contribution in [2.75, 3.05) is 25.6 Å². The third kappa shape index (κ3) is 3.15. The van der Waals surface area contributed by atoms with Crippen LogP contribution >= 0.6 is 0 Å². The predicted molar refractivity (Wildman–Crippen MR) is 70.5 cm³/mol. The van der Waals surface area contributed by atoms with E-state index in [1.165, 1.54) is 0 Å². The zero-order chi connectivity index (χ0) is 12.8. The molecule has 2 rings (SSSR count). The van der Waals surface area contributed by atoms with Gasteiger partial charge in [-0.05, 0) is 12.5 Å². The van der Waals surface area contributed by atoms with Crippen LogP contribution in [-0.2, 0) is 4.74 Å². The van der Waals surface area contributed by atoms with Crippen LogP contribution in [0.2, 0.25) is 0 Å². The third-order valence-electron chi connectivity index (χ3n) is 2.71. The fourth-order valence-corrected chi connectivity index (χ4v) is 1.69. The number of benzene rings is 1. The Morgan fingerprint density at radius 1 is 1.39 bits per heavy atom. The molecular weight excluding hydrogens is 230 g/mol. The molecule has 5 nitrogen and oxygen atoms in total. The van der Waals surface area contributed by atoms with Gasteiger partial charge in [0.25, 0.3) is 0 Å². The van der Waals surface area contributed by atoms with E-state index in [0.29, 0.717) is 19.0 Å².